The Hall–Kier alpha value is -3.03. The molecule has 8 heteroatoms. The second kappa shape index (κ2) is 7.25. The molecular weight excluding hydrogens is 320 g/mol. The first-order chi connectivity index (χ1) is 12.0. The monoisotopic (exact) mass is 340 g/mol. The topological polar surface area (TPSA) is 87.7 Å². The zero-order chi connectivity index (χ0) is 17.8. The molecule has 0 saturated heterocycles. The molecule has 0 N–H and O–H groups in total. The van der Waals surface area contributed by atoms with Crippen molar-refractivity contribution < 1.29 is 9.53 Å². The van der Waals surface area contributed by atoms with Gasteiger partial charge >= 0.3 is 5.97 Å². The molecule has 0 saturated carbocycles. The molecule has 0 atom stereocenters. The summed E-state index contributed by atoms with van der Waals surface area (Å²) in [5, 5.41) is 8.43. The zero-order valence-corrected chi connectivity index (χ0v) is 14.5. The lowest BCUT2D eigenvalue weighted by molar-refractivity contribution is 0.0494. The highest BCUT2D eigenvalue weighted by Gasteiger charge is 2.16. The van der Waals surface area contributed by atoms with Crippen LogP contribution < -0.4 is 0 Å². The van der Waals surface area contributed by atoms with E-state index in [-0.39, 0.29) is 0 Å². The molecule has 0 unspecified atom stereocenters. The second-order valence-electron chi connectivity index (χ2n) is 5.78. The van der Waals surface area contributed by atoms with Gasteiger partial charge in [0.25, 0.3) is 5.95 Å². The molecule has 0 aliphatic heterocycles. The lowest BCUT2D eigenvalue weighted by Crippen LogP contribution is -2.09. The normalized spacial score (nSPS) is 10.8. The number of hydrogen-bond donors (Lipinski definition) is 0. The number of carbonyl (C=O) groups is 1. The Balaban J connectivity index is 1.64. The van der Waals surface area contributed by atoms with Crippen molar-refractivity contribution in [3.63, 3.8) is 0 Å². The van der Waals surface area contributed by atoms with E-state index in [0.717, 1.165) is 11.4 Å². The highest BCUT2D eigenvalue weighted by molar-refractivity contribution is 5.90. The lowest BCUT2D eigenvalue weighted by atomic mass is 10.3. The van der Waals surface area contributed by atoms with E-state index in [1.54, 1.807) is 24.0 Å². The molecule has 0 aliphatic carbocycles. The van der Waals surface area contributed by atoms with Crippen LogP contribution in [0, 0.1) is 20.8 Å². The molecule has 0 radical (unpaired) electrons. The van der Waals surface area contributed by atoms with Crippen molar-refractivity contribution in [2.75, 3.05) is 6.61 Å². The van der Waals surface area contributed by atoms with Crippen LogP contribution in [-0.2, 0) is 11.3 Å². The van der Waals surface area contributed by atoms with Crippen molar-refractivity contribution in [3.05, 3.63) is 53.4 Å². The van der Waals surface area contributed by atoms with Gasteiger partial charge in [0.05, 0.1) is 12.3 Å². The SMILES string of the molecule is Cc1cc(C)nc(-n2cc(C(=O)OCCCn3cccn3)c(C)n2)n1. The van der Waals surface area contributed by atoms with Crippen molar-refractivity contribution in [3.8, 4) is 5.95 Å². The standard InChI is InChI=1S/C17H20N6O2/c1-12-10-13(2)20-17(19-12)23-11-15(14(3)21-23)16(24)25-9-5-8-22-7-4-6-18-22/h4,6-7,10-11H,5,8-9H2,1-3H3. The van der Waals surface area contributed by atoms with E-state index in [0.29, 0.717) is 36.8 Å². The highest BCUT2D eigenvalue weighted by atomic mass is 16.5. The number of carbonyl (C=O) groups excluding carboxylic acids is 1. The molecule has 0 aliphatic rings. The molecule has 3 aromatic heterocycles. The summed E-state index contributed by atoms with van der Waals surface area (Å²) in [5.74, 6) is 0.0481. The van der Waals surface area contributed by atoms with E-state index < -0.39 is 5.97 Å². The van der Waals surface area contributed by atoms with Gasteiger partial charge < -0.3 is 4.74 Å². The first-order valence-electron chi connectivity index (χ1n) is 8.06. The first kappa shape index (κ1) is 16.8. The third kappa shape index (κ3) is 4.09. The van der Waals surface area contributed by atoms with Gasteiger partial charge in [-0.1, -0.05) is 0 Å². The molecule has 3 rings (SSSR count). The van der Waals surface area contributed by atoms with E-state index >= 15 is 0 Å². The van der Waals surface area contributed by atoms with Crippen LogP contribution in [0.5, 0.6) is 0 Å². The fourth-order valence-corrected chi connectivity index (χ4v) is 2.47. The smallest absolute Gasteiger partial charge is 0.341 e. The number of hydrogen-bond acceptors (Lipinski definition) is 6. The van der Waals surface area contributed by atoms with Crippen LogP contribution in [0.2, 0.25) is 0 Å². The minimum Gasteiger partial charge on any atom is -0.462 e. The summed E-state index contributed by atoms with van der Waals surface area (Å²) in [7, 11) is 0. The van der Waals surface area contributed by atoms with Crippen LogP contribution in [0.1, 0.15) is 33.9 Å². The Morgan fingerprint density at radius 2 is 1.96 bits per heavy atom. The van der Waals surface area contributed by atoms with Gasteiger partial charge in [-0.25, -0.2) is 19.4 Å². The van der Waals surface area contributed by atoms with Crippen molar-refractivity contribution >= 4 is 5.97 Å². The maximum atomic E-state index is 12.3. The molecule has 0 amide bonds. The third-order valence-corrected chi connectivity index (χ3v) is 3.62. The Morgan fingerprint density at radius 3 is 2.64 bits per heavy atom. The first-order valence-corrected chi connectivity index (χ1v) is 8.06. The van der Waals surface area contributed by atoms with Gasteiger partial charge in [-0.15, -0.1) is 0 Å². The number of aromatic nitrogens is 6. The number of rotatable bonds is 6. The van der Waals surface area contributed by atoms with Crippen molar-refractivity contribution in [1.82, 2.24) is 29.5 Å². The Labute approximate surface area is 145 Å². The molecule has 25 heavy (non-hydrogen) atoms. The second-order valence-corrected chi connectivity index (χ2v) is 5.78. The maximum absolute atomic E-state index is 12.3. The van der Waals surface area contributed by atoms with Crippen LogP contribution in [0.25, 0.3) is 5.95 Å². The van der Waals surface area contributed by atoms with Gasteiger partial charge in [0.1, 0.15) is 5.56 Å². The van der Waals surface area contributed by atoms with E-state index in [2.05, 4.69) is 20.2 Å². The van der Waals surface area contributed by atoms with Gasteiger partial charge in [-0.2, -0.15) is 10.2 Å². The predicted molar refractivity (Wildman–Crippen MR) is 90.5 cm³/mol. The van der Waals surface area contributed by atoms with Crippen LogP contribution in [0.15, 0.2) is 30.7 Å². The molecule has 0 aromatic carbocycles. The van der Waals surface area contributed by atoms with Crippen LogP contribution in [0.4, 0.5) is 0 Å². The summed E-state index contributed by atoms with van der Waals surface area (Å²) in [4.78, 5) is 21.0. The van der Waals surface area contributed by atoms with E-state index in [1.165, 1.54) is 4.68 Å². The Bertz CT molecular complexity index is 849. The molecule has 130 valence electrons. The Morgan fingerprint density at radius 1 is 1.20 bits per heavy atom. The number of nitrogens with zero attached hydrogens (tertiary/aromatic N) is 6. The van der Waals surface area contributed by atoms with Crippen molar-refractivity contribution in [2.45, 2.75) is 33.7 Å². The largest absolute Gasteiger partial charge is 0.462 e. The predicted octanol–water partition coefficient (Wildman–Crippen LogP) is 2.03. The van der Waals surface area contributed by atoms with E-state index in [9.17, 15) is 4.79 Å². The average Bonchev–Trinajstić information content (AvgIpc) is 3.20. The summed E-state index contributed by atoms with van der Waals surface area (Å²) in [6.07, 6.45) is 5.90. The fraction of sp³-hybridized carbons (Fsp3) is 0.353. The zero-order valence-electron chi connectivity index (χ0n) is 14.5. The number of aryl methyl sites for hydroxylation is 4. The van der Waals surface area contributed by atoms with Gasteiger partial charge in [0.2, 0.25) is 0 Å². The maximum Gasteiger partial charge on any atom is 0.341 e. The van der Waals surface area contributed by atoms with Gasteiger partial charge in [-0.3, -0.25) is 4.68 Å². The molecule has 0 fully saturated rings. The van der Waals surface area contributed by atoms with Gasteiger partial charge in [-0.05, 0) is 32.9 Å². The van der Waals surface area contributed by atoms with Crippen molar-refractivity contribution in [1.29, 1.82) is 0 Å². The summed E-state index contributed by atoms with van der Waals surface area (Å²) >= 11 is 0. The molecule has 0 spiro atoms. The van der Waals surface area contributed by atoms with Gasteiger partial charge in [0, 0.05) is 42.9 Å². The molecular formula is C17H20N6O2. The number of esters is 1. The van der Waals surface area contributed by atoms with E-state index in [4.69, 9.17) is 4.74 Å². The van der Waals surface area contributed by atoms with Crippen molar-refractivity contribution in [2.24, 2.45) is 0 Å². The molecule has 0 bridgehead atoms. The molecule has 8 nitrogen and oxygen atoms in total. The quantitative estimate of drug-likeness (QED) is 0.504. The minimum absolute atomic E-state index is 0.323. The molecule has 3 heterocycles. The van der Waals surface area contributed by atoms with Crippen LogP contribution >= 0.6 is 0 Å². The summed E-state index contributed by atoms with van der Waals surface area (Å²) in [6, 6.07) is 3.74. The lowest BCUT2D eigenvalue weighted by Gasteiger charge is -2.04. The highest BCUT2D eigenvalue weighted by Crippen LogP contribution is 2.12. The Kier molecular flexibility index (Phi) is 4.87. The van der Waals surface area contributed by atoms with Crippen LogP contribution in [0.3, 0.4) is 0 Å². The van der Waals surface area contributed by atoms with Gasteiger partial charge in [0.15, 0.2) is 0 Å². The van der Waals surface area contributed by atoms with E-state index in [1.807, 2.05) is 32.2 Å². The molecule has 3 aromatic rings. The third-order valence-electron chi connectivity index (χ3n) is 3.62. The minimum atomic E-state index is -0.395. The van der Waals surface area contributed by atoms with Crippen LogP contribution in [-0.4, -0.2) is 42.1 Å². The number of ether oxygens (including phenoxy) is 1. The summed E-state index contributed by atoms with van der Waals surface area (Å²) in [5.41, 5.74) is 2.69. The summed E-state index contributed by atoms with van der Waals surface area (Å²) < 4.78 is 8.64. The summed E-state index contributed by atoms with van der Waals surface area (Å²) in [6.45, 7) is 6.57. The average molecular weight is 340 g/mol. The fourth-order valence-electron chi connectivity index (χ4n) is 2.47.